The fraction of sp³-hybridized carbons (Fsp3) is 0.375. The first kappa shape index (κ1) is 15.0. The van der Waals surface area contributed by atoms with Crippen molar-refractivity contribution in [2.75, 3.05) is 11.9 Å². The van der Waals surface area contributed by atoms with E-state index in [9.17, 15) is 0 Å². The first-order valence-corrected chi connectivity index (χ1v) is 7.59. The van der Waals surface area contributed by atoms with Gasteiger partial charge in [0.2, 0.25) is 0 Å². The van der Waals surface area contributed by atoms with E-state index in [2.05, 4.69) is 53.9 Å². The summed E-state index contributed by atoms with van der Waals surface area (Å²) in [6.45, 7) is 9.40. The van der Waals surface area contributed by atoms with Crippen LogP contribution in [0.2, 0.25) is 0 Å². The highest BCUT2D eigenvalue weighted by Crippen LogP contribution is 2.26. The highest BCUT2D eigenvalue weighted by Gasteiger charge is 2.18. The molecule has 20 heavy (non-hydrogen) atoms. The lowest BCUT2D eigenvalue weighted by Gasteiger charge is -2.19. The van der Waals surface area contributed by atoms with Crippen molar-refractivity contribution in [3.8, 4) is 11.4 Å². The van der Waals surface area contributed by atoms with Gasteiger partial charge in [0.25, 0.3) is 0 Å². The van der Waals surface area contributed by atoms with Gasteiger partial charge in [0.15, 0.2) is 5.82 Å². The third-order valence-electron chi connectivity index (χ3n) is 2.95. The van der Waals surface area contributed by atoms with Gasteiger partial charge in [-0.2, -0.15) is 0 Å². The normalized spacial score (nSPS) is 11.4. The Kier molecular flexibility index (Phi) is 4.43. The van der Waals surface area contributed by atoms with E-state index < -0.39 is 0 Å². The van der Waals surface area contributed by atoms with Gasteiger partial charge < -0.3 is 5.32 Å². The van der Waals surface area contributed by atoms with E-state index in [-0.39, 0.29) is 5.41 Å². The molecule has 0 aliphatic carbocycles. The van der Waals surface area contributed by atoms with Crippen molar-refractivity contribution in [1.82, 2.24) is 9.97 Å². The van der Waals surface area contributed by atoms with Crippen molar-refractivity contribution in [2.45, 2.75) is 33.1 Å². The molecule has 0 spiro atoms. The Morgan fingerprint density at radius 2 is 1.75 bits per heavy atom. The predicted octanol–water partition coefficient (Wildman–Crippen LogP) is 4.64. The van der Waals surface area contributed by atoms with Crippen LogP contribution in [0.3, 0.4) is 0 Å². The number of anilines is 1. The number of hydrogen-bond donors (Lipinski definition) is 1. The molecule has 0 saturated heterocycles. The number of hydrogen-bond acceptors (Lipinski definition) is 3. The van der Waals surface area contributed by atoms with Gasteiger partial charge in [-0.25, -0.2) is 9.97 Å². The van der Waals surface area contributed by atoms with Crippen LogP contribution in [0.4, 0.5) is 5.82 Å². The SMILES string of the molecule is CCNc1cc(C(C)(C)C)nc(-c2ccc(Br)cc2)n1. The molecule has 1 N–H and O–H groups in total. The molecule has 3 nitrogen and oxygen atoms in total. The maximum atomic E-state index is 4.72. The smallest absolute Gasteiger partial charge is 0.161 e. The minimum absolute atomic E-state index is 0.00275. The molecule has 2 aromatic rings. The molecule has 1 aromatic carbocycles. The van der Waals surface area contributed by atoms with Crippen molar-refractivity contribution in [2.24, 2.45) is 0 Å². The van der Waals surface area contributed by atoms with E-state index in [1.54, 1.807) is 0 Å². The van der Waals surface area contributed by atoms with Crippen LogP contribution in [-0.4, -0.2) is 16.5 Å². The Balaban J connectivity index is 2.51. The summed E-state index contributed by atoms with van der Waals surface area (Å²) >= 11 is 3.45. The van der Waals surface area contributed by atoms with Crippen LogP contribution in [0.15, 0.2) is 34.8 Å². The van der Waals surface area contributed by atoms with E-state index in [0.29, 0.717) is 0 Å². The van der Waals surface area contributed by atoms with Gasteiger partial charge >= 0.3 is 0 Å². The molecule has 4 heteroatoms. The minimum atomic E-state index is -0.00275. The molecule has 0 aliphatic rings. The topological polar surface area (TPSA) is 37.8 Å². The van der Waals surface area contributed by atoms with Crippen molar-refractivity contribution in [3.05, 3.63) is 40.5 Å². The van der Waals surface area contributed by atoms with E-state index >= 15 is 0 Å². The van der Waals surface area contributed by atoms with Crippen LogP contribution >= 0.6 is 15.9 Å². The van der Waals surface area contributed by atoms with Crippen LogP contribution in [0.25, 0.3) is 11.4 Å². The average molecular weight is 334 g/mol. The van der Waals surface area contributed by atoms with E-state index in [4.69, 9.17) is 4.98 Å². The Labute approximate surface area is 129 Å². The number of rotatable bonds is 3. The fourth-order valence-electron chi connectivity index (χ4n) is 1.83. The van der Waals surface area contributed by atoms with E-state index in [0.717, 1.165) is 33.9 Å². The van der Waals surface area contributed by atoms with Gasteiger partial charge in [-0.05, 0) is 19.1 Å². The summed E-state index contributed by atoms with van der Waals surface area (Å²) in [6.07, 6.45) is 0. The molecule has 0 unspecified atom stereocenters. The molecule has 0 aliphatic heterocycles. The fourth-order valence-corrected chi connectivity index (χ4v) is 2.10. The summed E-state index contributed by atoms with van der Waals surface area (Å²) in [6, 6.07) is 10.1. The molecule has 2 rings (SSSR count). The van der Waals surface area contributed by atoms with Gasteiger partial charge in [0.1, 0.15) is 5.82 Å². The quantitative estimate of drug-likeness (QED) is 0.889. The average Bonchev–Trinajstić information content (AvgIpc) is 2.38. The molecule has 0 radical (unpaired) electrons. The van der Waals surface area contributed by atoms with Crippen molar-refractivity contribution < 1.29 is 0 Å². The molecule has 106 valence electrons. The largest absolute Gasteiger partial charge is 0.370 e. The zero-order valence-corrected chi connectivity index (χ0v) is 14.0. The third kappa shape index (κ3) is 3.57. The van der Waals surface area contributed by atoms with Crippen LogP contribution in [0.5, 0.6) is 0 Å². The number of halogens is 1. The first-order valence-electron chi connectivity index (χ1n) is 6.79. The van der Waals surface area contributed by atoms with Crippen molar-refractivity contribution >= 4 is 21.7 Å². The second-order valence-electron chi connectivity index (χ2n) is 5.75. The van der Waals surface area contributed by atoms with Gasteiger partial charge in [-0.1, -0.05) is 48.8 Å². The summed E-state index contributed by atoms with van der Waals surface area (Å²) in [5, 5.41) is 3.28. The molecular formula is C16H20BrN3. The second-order valence-corrected chi connectivity index (χ2v) is 6.66. The van der Waals surface area contributed by atoms with Gasteiger partial charge in [-0.3, -0.25) is 0 Å². The number of benzene rings is 1. The second kappa shape index (κ2) is 5.92. The summed E-state index contributed by atoms with van der Waals surface area (Å²) < 4.78 is 1.06. The number of nitrogens with zero attached hydrogens (tertiary/aromatic N) is 2. The highest BCUT2D eigenvalue weighted by atomic mass is 79.9. The zero-order valence-electron chi connectivity index (χ0n) is 12.4. The molecule has 0 bridgehead atoms. The monoisotopic (exact) mass is 333 g/mol. The molecule has 1 heterocycles. The predicted molar refractivity (Wildman–Crippen MR) is 88.0 cm³/mol. The highest BCUT2D eigenvalue weighted by molar-refractivity contribution is 9.10. The lowest BCUT2D eigenvalue weighted by Crippen LogP contribution is -2.16. The van der Waals surface area contributed by atoms with E-state index in [1.807, 2.05) is 30.3 Å². The maximum Gasteiger partial charge on any atom is 0.161 e. The van der Waals surface area contributed by atoms with Gasteiger partial charge in [0, 0.05) is 28.1 Å². The Morgan fingerprint density at radius 1 is 1.10 bits per heavy atom. The van der Waals surface area contributed by atoms with Crippen LogP contribution in [-0.2, 0) is 5.41 Å². The van der Waals surface area contributed by atoms with Gasteiger partial charge in [-0.15, -0.1) is 0 Å². The molecule has 0 amide bonds. The first-order chi connectivity index (χ1) is 9.40. The third-order valence-corrected chi connectivity index (χ3v) is 3.48. The van der Waals surface area contributed by atoms with Crippen LogP contribution < -0.4 is 5.32 Å². The Bertz CT molecular complexity index is 586. The lowest BCUT2D eigenvalue weighted by atomic mass is 9.92. The Morgan fingerprint density at radius 3 is 2.30 bits per heavy atom. The summed E-state index contributed by atoms with van der Waals surface area (Å²) in [4.78, 5) is 9.32. The number of nitrogens with one attached hydrogen (secondary N) is 1. The zero-order chi connectivity index (χ0) is 14.8. The lowest BCUT2D eigenvalue weighted by molar-refractivity contribution is 0.568. The Hall–Kier alpha value is -1.42. The number of aromatic nitrogens is 2. The van der Waals surface area contributed by atoms with Crippen LogP contribution in [0, 0.1) is 0 Å². The molecule has 0 saturated carbocycles. The van der Waals surface area contributed by atoms with Crippen LogP contribution in [0.1, 0.15) is 33.4 Å². The molecule has 0 fully saturated rings. The molecular weight excluding hydrogens is 314 g/mol. The molecule has 0 atom stereocenters. The van der Waals surface area contributed by atoms with E-state index in [1.165, 1.54) is 0 Å². The standard InChI is InChI=1S/C16H20BrN3/c1-5-18-14-10-13(16(2,3)4)19-15(20-14)11-6-8-12(17)9-7-11/h6-10H,5H2,1-4H3,(H,18,19,20). The summed E-state index contributed by atoms with van der Waals surface area (Å²) in [5.74, 6) is 1.64. The minimum Gasteiger partial charge on any atom is -0.370 e. The molecule has 1 aromatic heterocycles. The maximum absolute atomic E-state index is 4.72. The van der Waals surface area contributed by atoms with Gasteiger partial charge in [0.05, 0.1) is 5.69 Å². The summed E-state index contributed by atoms with van der Waals surface area (Å²) in [5.41, 5.74) is 2.07. The van der Waals surface area contributed by atoms with Crippen molar-refractivity contribution in [3.63, 3.8) is 0 Å². The summed E-state index contributed by atoms with van der Waals surface area (Å²) in [7, 11) is 0. The van der Waals surface area contributed by atoms with Crippen molar-refractivity contribution in [1.29, 1.82) is 0 Å².